The number of nitrogens with two attached hydrogens (primary N) is 1. The Morgan fingerprint density at radius 2 is 1.06 bits per heavy atom. The van der Waals surface area contributed by atoms with Crippen LogP contribution in [0.25, 0.3) is 0 Å². The number of halogens is 1. The first-order valence-electron chi connectivity index (χ1n) is 22.0. The summed E-state index contributed by atoms with van der Waals surface area (Å²) in [7, 11) is 0. The number of hydrogen-bond donors (Lipinski definition) is 4. The van der Waals surface area contributed by atoms with Crippen LogP contribution in [0, 0.1) is 0 Å². The number of Topliss-reactive ketones (excluding diaryl/α,β-unsaturated/α-hetero) is 1. The molecule has 3 saturated heterocycles. The molecule has 0 aromatic rings. The molecule has 0 aromatic heterocycles. The Morgan fingerprint density at radius 3 is 1.37 bits per heavy atom. The number of piperidine rings is 2. The Kier molecular flexibility index (Phi) is 47.2. The number of ether oxygens (including phenoxy) is 3. The Balaban J connectivity index is -0.000000174. The molecule has 0 aromatic carbocycles. The molecule has 3 radical (unpaired) electrons. The minimum Gasteiger partial charge on any atom is -0.550 e. The molecule has 0 aliphatic carbocycles. The number of aliphatic carboxylic acids is 1. The summed E-state index contributed by atoms with van der Waals surface area (Å²) in [5, 5.41) is 35.4. The van der Waals surface area contributed by atoms with Crippen molar-refractivity contribution in [3.8, 4) is 0 Å². The first kappa shape index (κ1) is 74.6. The fraction of sp³-hybridized carbons (Fsp3) is 0.864. The molecule has 0 saturated carbocycles. The summed E-state index contributed by atoms with van der Waals surface area (Å²) in [4.78, 5) is 69.5. The molecule has 21 heteroatoms. The van der Waals surface area contributed by atoms with Gasteiger partial charge in [-0.1, -0.05) is 12.8 Å². The molecule has 3 fully saturated rings. The Labute approximate surface area is 420 Å². The quantitative estimate of drug-likeness (QED) is 0.0641. The molecule has 0 spiro atoms. The molecule has 0 atom stereocenters. The SMILES string of the molecule is C1CCOC1.CC(=O)OOC(C)=O.CC(=O)[O-].CC1(C)CC(=O)CC(C)(C)N1O.CCOC(=O)CCCCCN.CCOC(=O)CCCCCNC1CC(C)(C)N(O)C(C)(C)C1.Cl.[B].[Na+]. The summed E-state index contributed by atoms with van der Waals surface area (Å²) in [5.41, 5.74) is 4.04. The van der Waals surface area contributed by atoms with E-state index in [9.17, 15) is 34.4 Å². The molecule has 0 amide bonds. The molecule has 3 aliphatic heterocycles. The zero-order chi connectivity index (χ0) is 48.6. The van der Waals surface area contributed by atoms with Crippen LogP contribution in [-0.4, -0.2) is 132 Å². The van der Waals surface area contributed by atoms with Gasteiger partial charge < -0.3 is 45.6 Å². The van der Waals surface area contributed by atoms with Crippen molar-refractivity contribution < 1.29 is 97.8 Å². The molecule has 65 heavy (non-hydrogen) atoms. The number of hydroxylamine groups is 4. The van der Waals surface area contributed by atoms with Crippen molar-refractivity contribution in [3.63, 3.8) is 0 Å². The summed E-state index contributed by atoms with van der Waals surface area (Å²) in [6.45, 7) is 27.4. The summed E-state index contributed by atoms with van der Waals surface area (Å²) >= 11 is 0. The summed E-state index contributed by atoms with van der Waals surface area (Å²) in [6, 6.07) is 0.429. The van der Waals surface area contributed by atoms with E-state index in [1.54, 1.807) is 0 Å². The van der Waals surface area contributed by atoms with E-state index >= 15 is 0 Å². The Morgan fingerprint density at radius 1 is 0.708 bits per heavy atom. The number of nitrogens with one attached hydrogen (secondary N) is 1. The first-order valence-corrected chi connectivity index (χ1v) is 22.0. The van der Waals surface area contributed by atoms with Gasteiger partial charge in [-0.15, -0.1) is 12.4 Å². The van der Waals surface area contributed by atoms with E-state index in [-0.39, 0.29) is 79.2 Å². The van der Waals surface area contributed by atoms with Crippen molar-refractivity contribution in [2.45, 2.75) is 208 Å². The fourth-order valence-electron chi connectivity index (χ4n) is 6.97. The molecular formula is C44H86BClN4NaO14. The van der Waals surface area contributed by atoms with Crippen LogP contribution in [0.1, 0.15) is 180 Å². The Hall–Kier alpha value is -1.91. The van der Waals surface area contributed by atoms with E-state index in [2.05, 4.69) is 42.8 Å². The van der Waals surface area contributed by atoms with E-state index < -0.39 is 29.0 Å². The second-order valence-electron chi connectivity index (χ2n) is 17.8. The average Bonchev–Trinajstić information content (AvgIpc) is 3.73. The van der Waals surface area contributed by atoms with E-state index in [1.807, 2.05) is 41.5 Å². The largest absolute Gasteiger partial charge is 1.00 e. The van der Waals surface area contributed by atoms with Gasteiger partial charge in [-0.2, -0.15) is 10.1 Å². The smallest absolute Gasteiger partial charge is 0.550 e. The van der Waals surface area contributed by atoms with Crippen molar-refractivity contribution >= 4 is 56.4 Å². The molecule has 18 nitrogen and oxygen atoms in total. The number of carbonyl (C=O) groups excluding carboxylic acids is 6. The van der Waals surface area contributed by atoms with Crippen molar-refractivity contribution in [2.24, 2.45) is 5.73 Å². The van der Waals surface area contributed by atoms with Gasteiger partial charge in [0.05, 0.1) is 13.2 Å². The fourth-order valence-corrected chi connectivity index (χ4v) is 6.97. The third-order valence-electron chi connectivity index (χ3n) is 9.34. The number of hydrogen-bond acceptors (Lipinski definition) is 18. The molecule has 5 N–H and O–H groups in total. The van der Waals surface area contributed by atoms with Crippen molar-refractivity contribution in [2.75, 3.05) is 39.5 Å². The van der Waals surface area contributed by atoms with E-state index in [0.29, 0.717) is 51.5 Å². The molecule has 0 unspecified atom stereocenters. The molecule has 3 heterocycles. The monoisotopic (exact) mass is 964 g/mol. The van der Waals surface area contributed by atoms with Gasteiger partial charge in [0.25, 0.3) is 0 Å². The minimum absolute atomic E-state index is 0. The first-order chi connectivity index (χ1) is 28.6. The third kappa shape index (κ3) is 42.0. The summed E-state index contributed by atoms with van der Waals surface area (Å²) in [5.74, 6) is -2.31. The normalized spacial score (nSPS) is 17.5. The van der Waals surface area contributed by atoms with Crippen LogP contribution in [0.4, 0.5) is 0 Å². The van der Waals surface area contributed by atoms with E-state index in [1.165, 1.54) is 23.0 Å². The van der Waals surface area contributed by atoms with Crippen molar-refractivity contribution in [1.82, 2.24) is 15.4 Å². The number of rotatable bonds is 14. The predicted octanol–water partition coefficient (Wildman–Crippen LogP) is 2.40. The van der Waals surface area contributed by atoms with Crippen LogP contribution < -0.4 is 45.7 Å². The second kappa shape index (κ2) is 41.1. The zero-order valence-electron chi connectivity index (χ0n) is 42.5. The van der Waals surface area contributed by atoms with Crippen LogP contribution in [0.5, 0.6) is 0 Å². The molecular weight excluding hydrogens is 878 g/mol. The van der Waals surface area contributed by atoms with Crippen molar-refractivity contribution in [3.05, 3.63) is 0 Å². The molecule has 3 rings (SSSR count). The van der Waals surface area contributed by atoms with Gasteiger partial charge in [-0.05, 0) is 141 Å². The maximum absolute atomic E-state index is 11.3. The van der Waals surface area contributed by atoms with Crippen LogP contribution in [0.15, 0.2) is 0 Å². The standard InChI is InChI=1S/C17H34N2O3.C9H17NO2.C8H17NO2.C4H6O4.C4H8O.C2H4O2.B.ClH.Na/c1-6-22-15(20)10-8-7-9-11-18-14-12-16(2,3)19(21)17(4,5)13-14;1-8(2)5-7(11)6-9(3,4)10(8)12;1-2-11-8(10)6-4-3-5-7-9;1-3(5)7-8-4(2)6;1-2-4-5-3-1;1-2(3)4;;;/h14,18,21H,6-13H2,1-5H3;12H,5-6H2,1-4H3;2-7,9H2,1H3;1-2H3;1-4H2;1H3,(H,3,4);;1H;/q;;;;;;;;+1/p-1. The second-order valence-corrected chi connectivity index (χ2v) is 17.8. The number of ketones is 1. The van der Waals surface area contributed by atoms with Gasteiger partial charge in [0.2, 0.25) is 0 Å². The van der Waals surface area contributed by atoms with Gasteiger partial charge in [0.1, 0.15) is 5.78 Å². The number of carboxylic acid groups (broad SMARTS) is 1. The maximum atomic E-state index is 11.3. The number of carbonyl (C=O) groups is 6. The van der Waals surface area contributed by atoms with Crippen molar-refractivity contribution in [1.29, 1.82) is 0 Å². The topological polar surface area (TPSA) is 257 Å². The van der Waals surface area contributed by atoms with E-state index in [0.717, 1.165) is 91.9 Å². The number of carboxylic acids is 1. The predicted molar refractivity (Wildman–Crippen MR) is 245 cm³/mol. The van der Waals surface area contributed by atoms with Gasteiger partial charge in [-0.3, -0.25) is 14.4 Å². The average molecular weight is 964 g/mol. The molecule has 0 bridgehead atoms. The van der Waals surface area contributed by atoms with E-state index in [4.69, 9.17) is 29.8 Å². The van der Waals surface area contributed by atoms with Crippen LogP contribution >= 0.6 is 12.4 Å². The number of esters is 2. The molecule has 377 valence electrons. The van der Waals surface area contributed by atoms with Crippen LogP contribution in [-0.2, 0) is 52.8 Å². The Bertz CT molecular complexity index is 1230. The maximum Gasteiger partial charge on any atom is 1.00 e. The zero-order valence-corrected chi connectivity index (χ0v) is 45.3. The van der Waals surface area contributed by atoms with Crippen LogP contribution in [0.2, 0.25) is 0 Å². The van der Waals surface area contributed by atoms with Gasteiger partial charge in [0, 0.05) is 95.3 Å². The third-order valence-corrected chi connectivity index (χ3v) is 9.34. The number of nitrogens with zero attached hydrogens (tertiary/aromatic N) is 2. The van der Waals surface area contributed by atoms with Gasteiger partial charge in [-0.25, -0.2) is 19.4 Å². The summed E-state index contributed by atoms with van der Waals surface area (Å²) in [6.07, 6.45) is 12.3. The summed E-state index contributed by atoms with van der Waals surface area (Å²) < 4.78 is 14.6. The van der Waals surface area contributed by atoms with Crippen LogP contribution in [0.3, 0.4) is 0 Å². The van der Waals surface area contributed by atoms with Gasteiger partial charge in [0.15, 0.2) is 0 Å². The van der Waals surface area contributed by atoms with Gasteiger partial charge >= 0.3 is 53.4 Å². The molecule has 3 aliphatic rings. The number of unbranched alkanes of at least 4 members (excludes halogenated alkanes) is 4. The minimum atomic E-state index is -1.08.